The molecule has 1 aromatic rings. The van der Waals surface area contributed by atoms with E-state index in [1.54, 1.807) is 0 Å². The minimum Gasteiger partial charge on any atom is -0.0810 e. The molecule has 0 heteroatoms. The van der Waals surface area contributed by atoms with Gasteiger partial charge < -0.3 is 0 Å². The molecule has 0 fully saturated rings. The summed E-state index contributed by atoms with van der Waals surface area (Å²) >= 11 is 0. The van der Waals surface area contributed by atoms with Gasteiger partial charge in [-0.2, -0.15) is 0 Å². The van der Waals surface area contributed by atoms with Gasteiger partial charge in [-0.05, 0) is 37.0 Å². The maximum absolute atomic E-state index is 3.04. The van der Waals surface area contributed by atoms with Gasteiger partial charge in [0.1, 0.15) is 0 Å². The highest BCUT2D eigenvalue weighted by Crippen LogP contribution is 2.14. The second-order valence-corrected chi connectivity index (χ2v) is 4.03. The molecule has 0 aliphatic heterocycles. The summed E-state index contributed by atoms with van der Waals surface area (Å²) in [5, 5.41) is 0. The maximum Gasteiger partial charge on any atom is -0.0184 e. The SMILES string of the molecule is CCCCCCC=C(C)c1cc[c]cc1. The van der Waals surface area contributed by atoms with E-state index in [4.69, 9.17) is 0 Å². The molecule has 81 valence electrons. The number of hydrogen-bond acceptors (Lipinski definition) is 0. The van der Waals surface area contributed by atoms with Crippen molar-refractivity contribution in [2.75, 3.05) is 0 Å². The van der Waals surface area contributed by atoms with Crippen LogP contribution >= 0.6 is 0 Å². The van der Waals surface area contributed by atoms with E-state index in [1.807, 2.05) is 12.1 Å². The molecule has 0 nitrogen and oxygen atoms in total. The van der Waals surface area contributed by atoms with E-state index in [0.29, 0.717) is 0 Å². The van der Waals surface area contributed by atoms with Crippen LogP contribution in [0.2, 0.25) is 0 Å². The van der Waals surface area contributed by atoms with Gasteiger partial charge in [0.25, 0.3) is 0 Å². The Morgan fingerprint density at radius 3 is 2.60 bits per heavy atom. The van der Waals surface area contributed by atoms with Crippen molar-refractivity contribution in [1.82, 2.24) is 0 Å². The molecule has 0 saturated heterocycles. The second kappa shape index (κ2) is 7.28. The van der Waals surface area contributed by atoms with Crippen LogP contribution in [-0.2, 0) is 0 Å². The van der Waals surface area contributed by atoms with Crippen LogP contribution < -0.4 is 0 Å². The van der Waals surface area contributed by atoms with Crippen molar-refractivity contribution in [3.05, 3.63) is 42.0 Å². The fourth-order valence-electron chi connectivity index (χ4n) is 1.66. The third-order valence-electron chi connectivity index (χ3n) is 2.68. The van der Waals surface area contributed by atoms with Crippen LogP contribution in [0.4, 0.5) is 0 Å². The second-order valence-electron chi connectivity index (χ2n) is 4.03. The highest BCUT2D eigenvalue weighted by Gasteiger charge is 1.93. The molecule has 15 heavy (non-hydrogen) atoms. The topological polar surface area (TPSA) is 0 Å². The van der Waals surface area contributed by atoms with E-state index in [0.717, 1.165) is 0 Å². The minimum absolute atomic E-state index is 1.21. The van der Waals surface area contributed by atoms with Crippen LogP contribution in [0.3, 0.4) is 0 Å². The van der Waals surface area contributed by atoms with E-state index < -0.39 is 0 Å². The summed E-state index contributed by atoms with van der Waals surface area (Å²) < 4.78 is 0. The van der Waals surface area contributed by atoms with Crippen LogP contribution in [0.15, 0.2) is 30.3 Å². The Balaban J connectivity index is 2.33. The van der Waals surface area contributed by atoms with E-state index in [9.17, 15) is 0 Å². The monoisotopic (exact) mass is 201 g/mol. The molecule has 0 spiro atoms. The third-order valence-corrected chi connectivity index (χ3v) is 2.68. The number of unbranched alkanes of at least 4 members (excludes halogenated alkanes) is 4. The van der Waals surface area contributed by atoms with Crippen molar-refractivity contribution in [2.24, 2.45) is 0 Å². The van der Waals surface area contributed by atoms with Gasteiger partial charge in [-0.1, -0.05) is 56.5 Å². The maximum atomic E-state index is 3.04. The summed E-state index contributed by atoms with van der Waals surface area (Å²) in [5.41, 5.74) is 2.71. The standard InChI is InChI=1S/C15H21/c1-3-4-5-6-8-11-14(2)15-12-9-7-10-13-15/h9-13H,3-6,8H2,1-2H3. The fourth-order valence-corrected chi connectivity index (χ4v) is 1.66. The highest BCUT2D eigenvalue weighted by atomic mass is 14.0. The molecule has 0 heterocycles. The molecule has 0 bridgehead atoms. The average Bonchev–Trinajstić information content (AvgIpc) is 2.30. The predicted octanol–water partition coefficient (Wildman–Crippen LogP) is 4.86. The first-order valence-electron chi connectivity index (χ1n) is 5.98. The van der Waals surface area contributed by atoms with Crippen LogP contribution in [0.5, 0.6) is 0 Å². The van der Waals surface area contributed by atoms with E-state index in [2.05, 4.69) is 38.1 Å². The molecule has 1 aromatic carbocycles. The molecule has 0 amide bonds. The van der Waals surface area contributed by atoms with E-state index in [-0.39, 0.29) is 0 Å². The van der Waals surface area contributed by atoms with Gasteiger partial charge in [-0.25, -0.2) is 0 Å². The lowest BCUT2D eigenvalue weighted by Crippen LogP contribution is -1.79. The van der Waals surface area contributed by atoms with Crippen LogP contribution in [0.25, 0.3) is 5.57 Å². The molecule has 0 saturated carbocycles. The highest BCUT2D eigenvalue weighted by molar-refractivity contribution is 5.63. The predicted molar refractivity (Wildman–Crippen MR) is 67.7 cm³/mol. The van der Waals surface area contributed by atoms with Crippen molar-refractivity contribution >= 4 is 5.57 Å². The van der Waals surface area contributed by atoms with Crippen molar-refractivity contribution < 1.29 is 0 Å². The Kier molecular flexibility index (Phi) is 5.84. The molecule has 0 aliphatic rings. The van der Waals surface area contributed by atoms with Gasteiger partial charge in [-0.15, -0.1) is 0 Å². The van der Waals surface area contributed by atoms with Crippen LogP contribution in [0, 0.1) is 6.07 Å². The van der Waals surface area contributed by atoms with Crippen molar-refractivity contribution in [1.29, 1.82) is 0 Å². The number of allylic oxidation sites excluding steroid dienone is 2. The first kappa shape index (κ1) is 12.0. The summed E-state index contributed by atoms with van der Waals surface area (Å²) in [4.78, 5) is 0. The number of rotatable bonds is 6. The van der Waals surface area contributed by atoms with Gasteiger partial charge in [0.15, 0.2) is 0 Å². The normalized spacial score (nSPS) is 11.7. The molecular formula is C15H21. The molecule has 0 N–H and O–H groups in total. The lowest BCUT2D eigenvalue weighted by atomic mass is 10.0. The van der Waals surface area contributed by atoms with Gasteiger partial charge >= 0.3 is 0 Å². The largest absolute Gasteiger partial charge is 0.0810 e. The van der Waals surface area contributed by atoms with Crippen molar-refractivity contribution in [3.8, 4) is 0 Å². The average molecular weight is 201 g/mol. The van der Waals surface area contributed by atoms with Gasteiger partial charge in [0, 0.05) is 0 Å². The quantitative estimate of drug-likeness (QED) is 0.576. The zero-order valence-corrected chi connectivity index (χ0v) is 9.92. The van der Waals surface area contributed by atoms with E-state index in [1.165, 1.54) is 43.2 Å². The summed E-state index contributed by atoms with van der Waals surface area (Å²) in [5.74, 6) is 0. The smallest absolute Gasteiger partial charge is 0.0184 e. The summed E-state index contributed by atoms with van der Waals surface area (Å²) in [7, 11) is 0. The Bertz CT molecular complexity index is 282. The minimum atomic E-state index is 1.21. The molecule has 0 aliphatic carbocycles. The Morgan fingerprint density at radius 1 is 1.20 bits per heavy atom. The summed E-state index contributed by atoms with van der Waals surface area (Å²) in [6.45, 7) is 4.44. The molecular weight excluding hydrogens is 180 g/mol. The molecule has 0 unspecified atom stereocenters. The summed E-state index contributed by atoms with van der Waals surface area (Å²) in [6.07, 6.45) is 8.94. The van der Waals surface area contributed by atoms with Crippen LogP contribution in [-0.4, -0.2) is 0 Å². The Morgan fingerprint density at radius 2 is 1.93 bits per heavy atom. The zero-order valence-electron chi connectivity index (χ0n) is 9.92. The third kappa shape index (κ3) is 4.83. The first-order chi connectivity index (χ1) is 7.34. The number of benzene rings is 1. The molecule has 0 atom stereocenters. The van der Waals surface area contributed by atoms with E-state index >= 15 is 0 Å². The Labute approximate surface area is 94.0 Å². The summed E-state index contributed by atoms with van der Waals surface area (Å²) in [6, 6.07) is 11.2. The lowest BCUT2D eigenvalue weighted by molar-refractivity contribution is 0.675. The Hall–Kier alpha value is -1.04. The first-order valence-corrected chi connectivity index (χ1v) is 5.98. The van der Waals surface area contributed by atoms with Crippen molar-refractivity contribution in [2.45, 2.75) is 46.0 Å². The van der Waals surface area contributed by atoms with Gasteiger partial charge in [-0.3, -0.25) is 0 Å². The molecule has 1 rings (SSSR count). The van der Waals surface area contributed by atoms with Crippen molar-refractivity contribution in [3.63, 3.8) is 0 Å². The number of hydrogen-bond donors (Lipinski definition) is 0. The molecule has 0 aromatic heterocycles. The van der Waals surface area contributed by atoms with Crippen LogP contribution in [0.1, 0.15) is 51.5 Å². The molecule has 1 radical (unpaired) electrons. The van der Waals surface area contributed by atoms with Gasteiger partial charge in [0.2, 0.25) is 0 Å². The van der Waals surface area contributed by atoms with Gasteiger partial charge in [0.05, 0.1) is 0 Å². The lowest BCUT2D eigenvalue weighted by Gasteiger charge is -2.01. The zero-order chi connectivity index (χ0) is 10.9. The fraction of sp³-hybridized carbons (Fsp3) is 0.467.